The molecule has 3 N–H and O–H groups in total. The first-order valence-corrected chi connectivity index (χ1v) is 6.35. The Bertz CT molecular complexity index is 514. The second-order valence-corrected chi connectivity index (χ2v) is 4.58. The van der Waals surface area contributed by atoms with Gasteiger partial charge in [-0.2, -0.15) is 0 Å². The quantitative estimate of drug-likeness (QED) is 0.802. The zero-order chi connectivity index (χ0) is 12.8. The molecule has 0 saturated heterocycles. The number of carbonyl (C=O) groups excluding carboxylic acids is 1. The Hall–Kier alpha value is -1.95. The predicted molar refractivity (Wildman–Crippen MR) is 69.9 cm³/mol. The fourth-order valence-electron chi connectivity index (χ4n) is 1.32. The molecule has 5 nitrogen and oxygen atoms in total. The van der Waals surface area contributed by atoms with Crippen molar-refractivity contribution in [2.75, 3.05) is 11.5 Å². The lowest BCUT2D eigenvalue weighted by molar-refractivity contribution is -0.118. The van der Waals surface area contributed by atoms with Crippen molar-refractivity contribution in [3.05, 3.63) is 42.6 Å². The van der Waals surface area contributed by atoms with Gasteiger partial charge in [0.1, 0.15) is 5.76 Å². The Kier molecular flexibility index (Phi) is 4.25. The van der Waals surface area contributed by atoms with Crippen molar-refractivity contribution in [1.29, 1.82) is 0 Å². The summed E-state index contributed by atoms with van der Waals surface area (Å²) in [6.07, 6.45) is 4.80. The first kappa shape index (κ1) is 12.5. The second kappa shape index (κ2) is 6.11. The van der Waals surface area contributed by atoms with E-state index >= 15 is 0 Å². The van der Waals surface area contributed by atoms with Crippen molar-refractivity contribution >= 4 is 23.4 Å². The molecule has 2 heterocycles. The number of nitrogens with two attached hydrogens (primary N) is 1. The number of anilines is 1. The number of nitrogen functional groups attached to an aromatic ring is 1. The normalized spacial score (nSPS) is 10.2. The van der Waals surface area contributed by atoms with Crippen LogP contribution in [0.15, 0.2) is 46.2 Å². The van der Waals surface area contributed by atoms with Gasteiger partial charge in [0.05, 0.1) is 30.4 Å². The third-order valence-corrected chi connectivity index (χ3v) is 3.30. The van der Waals surface area contributed by atoms with Gasteiger partial charge in [-0.15, -0.1) is 11.8 Å². The molecule has 0 unspecified atom stereocenters. The van der Waals surface area contributed by atoms with Gasteiger partial charge in [-0.1, -0.05) is 0 Å². The van der Waals surface area contributed by atoms with E-state index in [1.807, 2.05) is 6.07 Å². The molecule has 0 aliphatic heterocycles. The number of hydrogen-bond acceptors (Lipinski definition) is 5. The zero-order valence-electron chi connectivity index (χ0n) is 9.63. The van der Waals surface area contributed by atoms with E-state index in [4.69, 9.17) is 10.2 Å². The van der Waals surface area contributed by atoms with Gasteiger partial charge in [0.25, 0.3) is 0 Å². The van der Waals surface area contributed by atoms with Crippen LogP contribution in [-0.2, 0) is 11.3 Å². The third-order valence-electron chi connectivity index (χ3n) is 2.21. The van der Waals surface area contributed by atoms with Gasteiger partial charge in [0, 0.05) is 11.1 Å². The molecule has 0 spiro atoms. The number of pyridine rings is 1. The Morgan fingerprint density at radius 2 is 2.39 bits per heavy atom. The van der Waals surface area contributed by atoms with E-state index in [0.717, 1.165) is 10.7 Å². The van der Waals surface area contributed by atoms with Crippen LogP contribution in [0.5, 0.6) is 0 Å². The number of thioether (sulfide) groups is 1. The van der Waals surface area contributed by atoms with Crippen LogP contribution in [0.25, 0.3) is 0 Å². The highest BCUT2D eigenvalue weighted by molar-refractivity contribution is 8.00. The van der Waals surface area contributed by atoms with Crippen molar-refractivity contribution in [2.24, 2.45) is 0 Å². The van der Waals surface area contributed by atoms with Crippen LogP contribution in [0.2, 0.25) is 0 Å². The highest BCUT2D eigenvalue weighted by atomic mass is 32.2. The Labute approximate surface area is 109 Å². The zero-order valence-corrected chi connectivity index (χ0v) is 10.4. The molecule has 0 aliphatic carbocycles. The Balaban J connectivity index is 1.77. The molecule has 0 radical (unpaired) electrons. The molecule has 2 aromatic heterocycles. The lowest BCUT2D eigenvalue weighted by Gasteiger charge is -2.05. The summed E-state index contributed by atoms with van der Waals surface area (Å²) >= 11 is 1.38. The van der Waals surface area contributed by atoms with Crippen molar-refractivity contribution in [3.8, 4) is 0 Å². The van der Waals surface area contributed by atoms with E-state index in [1.54, 1.807) is 30.8 Å². The molecule has 6 heteroatoms. The summed E-state index contributed by atoms with van der Waals surface area (Å²) in [6.45, 7) is 0.401. The monoisotopic (exact) mass is 263 g/mol. The molecule has 0 aliphatic rings. The van der Waals surface area contributed by atoms with Crippen LogP contribution in [-0.4, -0.2) is 16.6 Å². The van der Waals surface area contributed by atoms with Crippen LogP contribution >= 0.6 is 11.8 Å². The number of aromatic nitrogens is 1. The predicted octanol–water partition coefficient (Wildman–Crippen LogP) is 1.67. The third kappa shape index (κ3) is 3.53. The van der Waals surface area contributed by atoms with Crippen molar-refractivity contribution in [3.63, 3.8) is 0 Å². The van der Waals surface area contributed by atoms with Crippen LogP contribution in [0.4, 0.5) is 5.69 Å². The SMILES string of the molecule is Nc1cnccc1SCC(=O)NCc1ccco1. The molecule has 1 amide bonds. The number of carbonyl (C=O) groups is 1. The summed E-state index contributed by atoms with van der Waals surface area (Å²) in [4.78, 5) is 16.3. The van der Waals surface area contributed by atoms with Gasteiger partial charge in [0.15, 0.2) is 0 Å². The van der Waals surface area contributed by atoms with E-state index in [9.17, 15) is 4.79 Å². The van der Waals surface area contributed by atoms with E-state index < -0.39 is 0 Å². The van der Waals surface area contributed by atoms with Gasteiger partial charge >= 0.3 is 0 Å². The summed E-state index contributed by atoms with van der Waals surface area (Å²) in [5.74, 6) is 0.985. The maximum absolute atomic E-state index is 11.6. The van der Waals surface area contributed by atoms with Gasteiger partial charge in [-0.3, -0.25) is 9.78 Å². The summed E-state index contributed by atoms with van der Waals surface area (Å²) in [6, 6.07) is 5.39. The standard InChI is InChI=1S/C12H13N3O2S/c13-10-7-14-4-3-11(10)18-8-12(16)15-6-9-2-1-5-17-9/h1-5,7H,6,8,13H2,(H,15,16). The number of hydrogen-bond donors (Lipinski definition) is 2. The Morgan fingerprint density at radius 3 is 3.11 bits per heavy atom. The lowest BCUT2D eigenvalue weighted by Crippen LogP contribution is -2.24. The maximum Gasteiger partial charge on any atom is 0.230 e. The number of nitrogens with one attached hydrogen (secondary N) is 1. The minimum atomic E-state index is -0.0624. The number of rotatable bonds is 5. The van der Waals surface area contributed by atoms with Crippen LogP contribution in [0.1, 0.15) is 5.76 Å². The summed E-state index contributed by atoms with van der Waals surface area (Å²) in [5.41, 5.74) is 6.31. The van der Waals surface area contributed by atoms with Gasteiger partial charge < -0.3 is 15.5 Å². The fourth-order valence-corrected chi connectivity index (χ4v) is 2.08. The van der Waals surface area contributed by atoms with E-state index in [-0.39, 0.29) is 5.91 Å². The van der Waals surface area contributed by atoms with Gasteiger partial charge in [-0.05, 0) is 18.2 Å². The second-order valence-electron chi connectivity index (χ2n) is 3.56. The summed E-state index contributed by atoms with van der Waals surface area (Å²) in [5, 5.41) is 2.76. The Morgan fingerprint density at radius 1 is 1.50 bits per heavy atom. The highest BCUT2D eigenvalue weighted by Crippen LogP contribution is 2.22. The fraction of sp³-hybridized carbons (Fsp3) is 0.167. The summed E-state index contributed by atoms with van der Waals surface area (Å²) < 4.78 is 5.12. The molecule has 0 fully saturated rings. The highest BCUT2D eigenvalue weighted by Gasteiger charge is 2.05. The van der Waals surface area contributed by atoms with Crippen LogP contribution in [0.3, 0.4) is 0 Å². The van der Waals surface area contributed by atoms with Crippen molar-refractivity contribution in [2.45, 2.75) is 11.4 Å². The molecular weight excluding hydrogens is 250 g/mol. The lowest BCUT2D eigenvalue weighted by atomic mass is 10.4. The molecule has 0 bridgehead atoms. The van der Waals surface area contributed by atoms with Crippen LogP contribution in [0, 0.1) is 0 Å². The molecule has 18 heavy (non-hydrogen) atoms. The largest absolute Gasteiger partial charge is 0.467 e. The topological polar surface area (TPSA) is 81.1 Å². The van der Waals surface area contributed by atoms with Crippen LogP contribution < -0.4 is 11.1 Å². The molecule has 94 valence electrons. The minimum absolute atomic E-state index is 0.0624. The smallest absolute Gasteiger partial charge is 0.230 e. The average molecular weight is 263 g/mol. The van der Waals surface area contributed by atoms with E-state index in [1.165, 1.54) is 11.8 Å². The summed E-state index contributed by atoms with van der Waals surface area (Å²) in [7, 11) is 0. The van der Waals surface area contributed by atoms with Gasteiger partial charge in [0.2, 0.25) is 5.91 Å². The first-order valence-electron chi connectivity index (χ1n) is 5.37. The number of furan rings is 1. The van der Waals surface area contributed by atoms with E-state index in [2.05, 4.69) is 10.3 Å². The maximum atomic E-state index is 11.6. The van der Waals surface area contributed by atoms with Crippen molar-refractivity contribution in [1.82, 2.24) is 10.3 Å². The molecule has 2 aromatic rings. The number of nitrogens with zero attached hydrogens (tertiary/aromatic N) is 1. The average Bonchev–Trinajstić information content (AvgIpc) is 2.88. The molecule has 0 aromatic carbocycles. The molecule has 0 saturated carbocycles. The molecule has 0 atom stereocenters. The van der Waals surface area contributed by atoms with Crippen molar-refractivity contribution < 1.29 is 9.21 Å². The number of amides is 1. The first-order chi connectivity index (χ1) is 8.75. The minimum Gasteiger partial charge on any atom is -0.467 e. The van der Waals surface area contributed by atoms with Gasteiger partial charge in [-0.25, -0.2) is 0 Å². The molecular formula is C12H13N3O2S. The van der Waals surface area contributed by atoms with E-state index in [0.29, 0.717) is 18.0 Å². The molecule has 2 rings (SSSR count).